The average molecular weight is 144 g/mol. The highest BCUT2D eigenvalue weighted by atomic mass is 32.1. The maximum Gasteiger partial charge on any atom is 0.142 e. The van der Waals surface area contributed by atoms with Crippen LogP contribution in [-0.2, 0) is 0 Å². The molecular formula is C5H8N2OS. The van der Waals surface area contributed by atoms with Gasteiger partial charge in [-0.25, -0.2) is 4.98 Å². The van der Waals surface area contributed by atoms with E-state index in [0.717, 1.165) is 0 Å². The van der Waals surface area contributed by atoms with E-state index in [2.05, 4.69) is 9.36 Å². The van der Waals surface area contributed by atoms with Gasteiger partial charge in [-0.2, -0.15) is 4.37 Å². The number of hydrogen-bond donors (Lipinski definition) is 1. The van der Waals surface area contributed by atoms with Crippen LogP contribution in [0.5, 0.6) is 0 Å². The fraction of sp³-hybridized carbons (Fsp3) is 0.600. The zero-order chi connectivity index (χ0) is 6.69. The van der Waals surface area contributed by atoms with Crippen LogP contribution in [0, 0.1) is 0 Å². The molecule has 0 spiro atoms. The molecule has 1 unspecified atom stereocenters. The lowest BCUT2D eigenvalue weighted by atomic mass is 10.3. The first-order chi connectivity index (χ1) is 4.34. The standard InChI is InChI=1S/C5H8N2OS/c1-2-4(8)5-6-3-7-9-5/h3-4,8H,2H2,1H3. The van der Waals surface area contributed by atoms with Crippen molar-refractivity contribution in [2.75, 3.05) is 0 Å². The lowest BCUT2D eigenvalue weighted by Gasteiger charge is -1.98. The molecule has 0 aliphatic heterocycles. The summed E-state index contributed by atoms with van der Waals surface area (Å²) < 4.78 is 3.76. The summed E-state index contributed by atoms with van der Waals surface area (Å²) in [4.78, 5) is 3.84. The van der Waals surface area contributed by atoms with Crippen molar-refractivity contribution in [2.24, 2.45) is 0 Å². The second-order valence-corrected chi connectivity index (χ2v) is 2.52. The van der Waals surface area contributed by atoms with Crippen LogP contribution in [0.1, 0.15) is 24.5 Å². The number of rotatable bonds is 2. The quantitative estimate of drug-likeness (QED) is 0.673. The van der Waals surface area contributed by atoms with Crippen LogP contribution in [0.4, 0.5) is 0 Å². The van der Waals surface area contributed by atoms with Gasteiger partial charge >= 0.3 is 0 Å². The summed E-state index contributed by atoms with van der Waals surface area (Å²) in [5, 5.41) is 9.83. The highest BCUT2D eigenvalue weighted by Gasteiger charge is 2.06. The van der Waals surface area contributed by atoms with Gasteiger partial charge in [0, 0.05) is 0 Å². The molecule has 0 fully saturated rings. The number of aromatic nitrogens is 2. The van der Waals surface area contributed by atoms with E-state index in [1.54, 1.807) is 0 Å². The Morgan fingerprint density at radius 1 is 1.89 bits per heavy atom. The third kappa shape index (κ3) is 1.46. The highest BCUT2D eigenvalue weighted by molar-refractivity contribution is 7.05. The van der Waals surface area contributed by atoms with E-state index < -0.39 is 6.10 Å². The Morgan fingerprint density at radius 2 is 2.67 bits per heavy atom. The molecular weight excluding hydrogens is 136 g/mol. The van der Waals surface area contributed by atoms with E-state index >= 15 is 0 Å². The number of nitrogens with zero attached hydrogens (tertiary/aromatic N) is 2. The number of hydrogen-bond acceptors (Lipinski definition) is 4. The molecule has 50 valence electrons. The largest absolute Gasteiger partial charge is 0.386 e. The van der Waals surface area contributed by atoms with Crippen LogP contribution in [0.3, 0.4) is 0 Å². The normalized spacial score (nSPS) is 13.6. The third-order valence-corrected chi connectivity index (χ3v) is 1.81. The first-order valence-corrected chi connectivity index (χ1v) is 3.56. The summed E-state index contributed by atoms with van der Waals surface area (Å²) in [5.41, 5.74) is 0. The Hall–Kier alpha value is -0.480. The van der Waals surface area contributed by atoms with Crippen LogP contribution >= 0.6 is 11.5 Å². The lowest BCUT2D eigenvalue weighted by molar-refractivity contribution is 0.173. The van der Waals surface area contributed by atoms with E-state index in [1.807, 2.05) is 6.92 Å². The first kappa shape index (κ1) is 6.64. The summed E-state index contributed by atoms with van der Waals surface area (Å²) in [6.07, 6.45) is 1.74. The molecule has 1 aromatic heterocycles. The molecule has 1 N–H and O–H groups in total. The van der Waals surface area contributed by atoms with Crippen LogP contribution in [-0.4, -0.2) is 14.5 Å². The van der Waals surface area contributed by atoms with Gasteiger partial charge in [-0.15, -0.1) is 0 Å². The average Bonchev–Trinajstić information content (AvgIpc) is 2.37. The van der Waals surface area contributed by atoms with Crippen molar-refractivity contribution in [3.05, 3.63) is 11.3 Å². The van der Waals surface area contributed by atoms with E-state index in [4.69, 9.17) is 5.11 Å². The van der Waals surface area contributed by atoms with Gasteiger partial charge < -0.3 is 5.11 Å². The molecule has 9 heavy (non-hydrogen) atoms. The molecule has 0 amide bonds. The van der Waals surface area contributed by atoms with Gasteiger partial charge in [0.05, 0.1) is 0 Å². The molecule has 0 aliphatic carbocycles. The molecule has 0 bridgehead atoms. The lowest BCUT2D eigenvalue weighted by Crippen LogP contribution is -1.92. The maximum absolute atomic E-state index is 9.13. The summed E-state index contributed by atoms with van der Waals surface area (Å²) in [6.45, 7) is 1.91. The Kier molecular flexibility index (Phi) is 2.13. The molecule has 1 aromatic rings. The van der Waals surface area contributed by atoms with Crippen molar-refractivity contribution < 1.29 is 5.11 Å². The van der Waals surface area contributed by atoms with Crippen molar-refractivity contribution >= 4 is 11.5 Å². The minimum absolute atomic E-state index is 0.419. The fourth-order valence-electron chi connectivity index (χ4n) is 0.503. The Labute approximate surface area is 57.5 Å². The molecule has 0 saturated carbocycles. The van der Waals surface area contributed by atoms with E-state index in [0.29, 0.717) is 11.4 Å². The summed E-state index contributed by atoms with van der Waals surface area (Å²) in [7, 11) is 0. The highest BCUT2D eigenvalue weighted by Crippen LogP contribution is 2.15. The Balaban J connectivity index is 2.65. The fourth-order valence-corrected chi connectivity index (χ4v) is 1.09. The second-order valence-electron chi connectivity index (χ2n) is 1.70. The van der Waals surface area contributed by atoms with E-state index in [9.17, 15) is 0 Å². The minimum Gasteiger partial charge on any atom is -0.386 e. The van der Waals surface area contributed by atoms with E-state index in [-0.39, 0.29) is 0 Å². The molecule has 1 heterocycles. The second kappa shape index (κ2) is 2.89. The SMILES string of the molecule is CCC(O)c1ncns1. The van der Waals surface area contributed by atoms with Crippen molar-refractivity contribution in [2.45, 2.75) is 19.4 Å². The molecule has 3 nitrogen and oxygen atoms in total. The van der Waals surface area contributed by atoms with Gasteiger partial charge in [-0.05, 0) is 18.0 Å². The topological polar surface area (TPSA) is 46.0 Å². The summed E-state index contributed by atoms with van der Waals surface area (Å²) >= 11 is 1.24. The predicted molar refractivity (Wildman–Crippen MR) is 35.2 cm³/mol. The molecule has 1 rings (SSSR count). The van der Waals surface area contributed by atoms with Gasteiger partial charge in [0.2, 0.25) is 0 Å². The smallest absolute Gasteiger partial charge is 0.142 e. The maximum atomic E-state index is 9.13. The van der Waals surface area contributed by atoms with Gasteiger partial charge in [0.1, 0.15) is 17.4 Å². The molecule has 1 atom stereocenters. The van der Waals surface area contributed by atoms with Crippen molar-refractivity contribution in [3.8, 4) is 0 Å². The number of aliphatic hydroxyl groups excluding tert-OH is 1. The van der Waals surface area contributed by atoms with Crippen molar-refractivity contribution in [1.29, 1.82) is 0 Å². The first-order valence-electron chi connectivity index (χ1n) is 2.79. The predicted octanol–water partition coefficient (Wildman–Crippen LogP) is 0.982. The summed E-state index contributed by atoms with van der Waals surface area (Å²) in [5.74, 6) is 0. The molecule has 0 aliphatic rings. The molecule has 0 radical (unpaired) electrons. The van der Waals surface area contributed by atoms with Crippen LogP contribution < -0.4 is 0 Å². The number of aliphatic hydroxyl groups is 1. The van der Waals surface area contributed by atoms with Gasteiger partial charge in [0.25, 0.3) is 0 Å². The zero-order valence-corrected chi connectivity index (χ0v) is 5.93. The molecule has 0 aromatic carbocycles. The Morgan fingerprint density at radius 3 is 3.11 bits per heavy atom. The monoisotopic (exact) mass is 144 g/mol. The van der Waals surface area contributed by atoms with Gasteiger partial charge in [0.15, 0.2) is 0 Å². The van der Waals surface area contributed by atoms with Crippen molar-refractivity contribution in [1.82, 2.24) is 9.36 Å². The molecule has 0 saturated heterocycles. The van der Waals surface area contributed by atoms with Gasteiger partial charge in [-0.1, -0.05) is 6.92 Å². The van der Waals surface area contributed by atoms with Crippen molar-refractivity contribution in [3.63, 3.8) is 0 Å². The summed E-state index contributed by atoms with van der Waals surface area (Å²) in [6, 6.07) is 0. The third-order valence-electron chi connectivity index (χ3n) is 1.05. The van der Waals surface area contributed by atoms with Crippen LogP contribution in [0.25, 0.3) is 0 Å². The minimum atomic E-state index is -0.419. The molecule has 4 heteroatoms. The van der Waals surface area contributed by atoms with Crippen LogP contribution in [0.15, 0.2) is 6.33 Å². The van der Waals surface area contributed by atoms with E-state index in [1.165, 1.54) is 17.9 Å². The van der Waals surface area contributed by atoms with Gasteiger partial charge in [-0.3, -0.25) is 0 Å². The zero-order valence-electron chi connectivity index (χ0n) is 5.11. The Bertz CT molecular complexity index is 163. The van der Waals surface area contributed by atoms with Crippen LogP contribution in [0.2, 0.25) is 0 Å².